The third kappa shape index (κ3) is 3.74. The van der Waals surface area contributed by atoms with Gasteiger partial charge in [0.1, 0.15) is 12.7 Å². The summed E-state index contributed by atoms with van der Waals surface area (Å²) in [5.41, 5.74) is 5.32. The number of nitrogens with zero attached hydrogens (tertiary/aromatic N) is 4. The van der Waals surface area contributed by atoms with Crippen LogP contribution in [0.5, 0.6) is 0 Å². The van der Waals surface area contributed by atoms with Gasteiger partial charge in [-0.25, -0.2) is 4.79 Å². The summed E-state index contributed by atoms with van der Waals surface area (Å²) in [7, 11) is 0. The summed E-state index contributed by atoms with van der Waals surface area (Å²) in [6.07, 6.45) is 6.23. The third-order valence-electron chi connectivity index (χ3n) is 7.57. The Balaban J connectivity index is 1.20. The van der Waals surface area contributed by atoms with Crippen LogP contribution in [0.4, 0.5) is 5.69 Å². The molecule has 2 saturated heterocycles. The Morgan fingerprint density at radius 1 is 1.25 bits per heavy atom. The molecule has 1 unspecified atom stereocenters. The first-order chi connectivity index (χ1) is 15.5. The van der Waals surface area contributed by atoms with Crippen molar-refractivity contribution in [3.63, 3.8) is 0 Å². The SMILES string of the molecule is Cc1c(C(O)CN2CCC3(CC2)CCN(c2cncc(C#N)c2)C3)ccc2c1COC2=O. The second-order valence-corrected chi connectivity index (χ2v) is 9.41. The quantitative estimate of drug-likeness (QED) is 0.743. The maximum absolute atomic E-state index is 11.8. The molecule has 1 aromatic heterocycles. The molecule has 32 heavy (non-hydrogen) atoms. The molecule has 1 spiro atoms. The zero-order valence-corrected chi connectivity index (χ0v) is 18.4. The van der Waals surface area contributed by atoms with Crippen molar-refractivity contribution >= 4 is 11.7 Å². The first-order valence-electron chi connectivity index (χ1n) is 11.3. The number of pyridine rings is 1. The van der Waals surface area contributed by atoms with Crippen molar-refractivity contribution in [1.82, 2.24) is 9.88 Å². The minimum Gasteiger partial charge on any atom is -0.457 e. The van der Waals surface area contributed by atoms with Crippen LogP contribution in [0.3, 0.4) is 0 Å². The average Bonchev–Trinajstić information content (AvgIpc) is 3.40. The number of piperidine rings is 1. The van der Waals surface area contributed by atoms with E-state index in [0.717, 1.165) is 67.8 Å². The van der Waals surface area contributed by atoms with Crippen LogP contribution >= 0.6 is 0 Å². The number of likely N-dealkylation sites (tertiary alicyclic amines) is 1. The second-order valence-electron chi connectivity index (χ2n) is 9.41. The molecule has 7 nitrogen and oxygen atoms in total. The molecular formula is C25H28N4O3. The Labute approximate surface area is 188 Å². The standard InChI is InChI=1S/C25H28N4O3/c1-17-20(2-3-21-22(17)15-32-24(21)31)23(30)14-28-7-4-25(5-8-28)6-9-29(16-25)19-10-18(11-26)12-27-13-19/h2-3,10,12-13,23,30H,4-9,14-16H2,1H3. The number of aliphatic hydroxyl groups is 1. The number of hydrogen-bond acceptors (Lipinski definition) is 7. The van der Waals surface area contributed by atoms with E-state index in [4.69, 9.17) is 10.00 Å². The molecule has 166 valence electrons. The first kappa shape index (κ1) is 20.9. The minimum atomic E-state index is -0.579. The van der Waals surface area contributed by atoms with Gasteiger partial charge in [-0.1, -0.05) is 6.07 Å². The van der Waals surface area contributed by atoms with Gasteiger partial charge in [-0.2, -0.15) is 5.26 Å². The smallest absolute Gasteiger partial charge is 0.338 e. The highest BCUT2D eigenvalue weighted by molar-refractivity contribution is 5.93. The van der Waals surface area contributed by atoms with Crippen LogP contribution in [0.2, 0.25) is 0 Å². The molecule has 4 heterocycles. The molecule has 0 saturated carbocycles. The third-order valence-corrected chi connectivity index (χ3v) is 7.57. The Morgan fingerprint density at radius 3 is 2.81 bits per heavy atom. The fraction of sp³-hybridized carbons (Fsp3) is 0.480. The number of esters is 1. The maximum atomic E-state index is 11.8. The van der Waals surface area contributed by atoms with E-state index in [2.05, 4.69) is 20.9 Å². The predicted octanol–water partition coefficient (Wildman–Crippen LogP) is 2.96. The second kappa shape index (κ2) is 8.19. The molecule has 0 amide bonds. The Bertz CT molecular complexity index is 1090. The number of benzene rings is 1. The Hall–Kier alpha value is -2.95. The summed E-state index contributed by atoms with van der Waals surface area (Å²) in [6.45, 7) is 6.79. The van der Waals surface area contributed by atoms with E-state index in [1.807, 2.05) is 25.3 Å². The van der Waals surface area contributed by atoms with Gasteiger partial charge in [0.15, 0.2) is 0 Å². The van der Waals surface area contributed by atoms with E-state index in [-0.39, 0.29) is 5.97 Å². The fourth-order valence-corrected chi connectivity index (χ4v) is 5.51. The molecule has 2 fully saturated rings. The lowest BCUT2D eigenvalue weighted by Gasteiger charge is -2.40. The number of aliphatic hydroxyl groups excluding tert-OH is 1. The fourth-order valence-electron chi connectivity index (χ4n) is 5.51. The number of anilines is 1. The lowest BCUT2D eigenvalue weighted by molar-refractivity contribution is 0.0534. The largest absolute Gasteiger partial charge is 0.457 e. The van der Waals surface area contributed by atoms with Crippen molar-refractivity contribution in [3.05, 3.63) is 58.4 Å². The van der Waals surface area contributed by atoms with Crippen molar-refractivity contribution < 1.29 is 14.6 Å². The molecular weight excluding hydrogens is 404 g/mol. The lowest BCUT2D eigenvalue weighted by atomic mass is 9.77. The van der Waals surface area contributed by atoms with Crippen molar-refractivity contribution in [2.24, 2.45) is 5.41 Å². The maximum Gasteiger partial charge on any atom is 0.338 e. The minimum absolute atomic E-state index is 0.272. The summed E-state index contributed by atoms with van der Waals surface area (Å²) in [5, 5.41) is 20.1. The topological polar surface area (TPSA) is 89.7 Å². The number of carbonyl (C=O) groups is 1. The van der Waals surface area contributed by atoms with E-state index >= 15 is 0 Å². The van der Waals surface area contributed by atoms with Crippen molar-refractivity contribution in [3.8, 4) is 6.07 Å². The average molecular weight is 433 g/mol. The van der Waals surface area contributed by atoms with Gasteiger partial charge >= 0.3 is 5.97 Å². The molecule has 0 aliphatic carbocycles. The summed E-state index contributed by atoms with van der Waals surface area (Å²) < 4.78 is 5.14. The number of fused-ring (bicyclic) bond motifs is 1. The zero-order chi connectivity index (χ0) is 22.3. The van der Waals surface area contributed by atoms with E-state index in [0.29, 0.717) is 29.7 Å². The van der Waals surface area contributed by atoms with Gasteiger partial charge in [-0.15, -0.1) is 0 Å². The molecule has 0 bridgehead atoms. The molecule has 1 aromatic carbocycles. The first-order valence-corrected chi connectivity index (χ1v) is 11.3. The highest BCUT2D eigenvalue weighted by atomic mass is 16.5. The molecule has 3 aliphatic rings. The molecule has 5 rings (SSSR count). The molecule has 1 N–H and O–H groups in total. The lowest BCUT2D eigenvalue weighted by Crippen LogP contribution is -2.43. The summed E-state index contributed by atoms with van der Waals surface area (Å²) >= 11 is 0. The Kier molecular flexibility index (Phi) is 5.36. The molecule has 3 aliphatic heterocycles. The summed E-state index contributed by atoms with van der Waals surface area (Å²) in [6, 6.07) is 7.75. The van der Waals surface area contributed by atoms with Gasteiger partial charge in [-0.05, 0) is 68.0 Å². The van der Waals surface area contributed by atoms with Gasteiger partial charge in [0.2, 0.25) is 0 Å². The normalized spacial score (nSPS) is 20.8. The van der Waals surface area contributed by atoms with Crippen LogP contribution in [0.15, 0.2) is 30.6 Å². The number of rotatable bonds is 4. The van der Waals surface area contributed by atoms with E-state index in [1.54, 1.807) is 12.3 Å². The van der Waals surface area contributed by atoms with Crippen molar-refractivity contribution in [1.29, 1.82) is 5.26 Å². The zero-order valence-electron chi connectivity index (χ0n) is 18.4. The van der Waals surface area contributed by atoms with E-state index in [9.17, 15) is 9.90 Å². The van der Waals surface area contributed by atoms with Gasteiger partial charge in [0.25, 0.3) is 0 Å². The number of carbonyl (C=O) groups excluding carboxylic acids is 1. The highest BCUT2D eigenvalue weighted by Gasteiger charge is 2.41. The molecule has 0 radical (unpaired) electrons. The predicted molar refractivity (Wildman–Crippen MR) is 119 cm³/mol. The van der Waals surface area contributed by atoms with Gasteiger partial charge in [0.05, 0.1) is 29.1 Å². The Morgan fingerprint density at radius 2 is 2.03 bits per heavy atom. The number of aromatic nitrogens is 1. The number of hydrogen-bond donors (Lipinski definition) is 1. The van der Waals surface area contributed by atoms with E-state index in [1.165, 1.54) is 0 Å². The van der Waals surface area contributed by atoms with Crippen LogP contribution < -0.4 is 4.90 Å². The van der Waals surface area contributed by atoms with Gasteiger partial charge in [-0.3, -0.25) is 4.98 Å². The number of cyclic esters (lactones) is 1. The van der Waals surface area contributed by atoms with Gasteiger partial charge in [0, 0.05) is 31.4 Å². The van der Waals surface area contributed by atoms with Crippen molar-refractivity contribution in [2.75, 3.05) is 37.6 Å². The van der Waals surface area contributed by atoms with Crippen LogP contribution in [0, 0.1) is 23.7 Å². The molecule has 7 heteroatoms. The van der Waals surface area contributed by atoms with Crippen LogP contribution in [0.1, 0.15) is 58.0 Å². The number of nitriles is 1. The van der Waals surface area contributed by atoms with E-state index < -0.39 is 6.10 Å². The van der Waals surface area contributed by atoms with Crippen LogP contribution in [0.25, 0.3) is 0 Å². The summed E-state index contributed by atoms with van der Waals surface area (Å²) in [4.78, 5) is 20.7. The monoisotopic (exact) mass is 432 g/mol. The molecule has 2 aromatic rings. The number of β-amino-alcohol motifs (C(OH)–C–C–N with tert-alkyl or cyclic N) is 1. The van der Waals surface area contributed by atoms with Gasteiger partial charge < -0.3 is 19.6 Å². The summed E-state index contributed by atoms with van der Waals surface area (Å²) in [5.74, 6) is -0.272. The van der Waals surface area contributed by atoms with Crippen LogP contribution in [-0.2, 0) is 11.3 Å². The van der Waals surface area contributed by atoms with Crippen LogP contribution in [-0.4, -0.2) is 53.7 Å². The number of ether oxygens (including phenoxy) is 1. The van der Waals surface area contributed by atoms with Crippen molar-refractivity contribution in [2.45, 2.75) is 38.9 Å². The highest BCUT2D eigenvalue weighted by Crippen LogP contribution is 2.42. The molecule has 1 atom stereocenters.